The summed E-state index contributed by atoms with van der Waals surface area (Å²) < 4.78 is 5.09. The van der Waals surface area contributed by atoms with Gasteiger partial charge in [-0.1, -0.05) is 30.3 Å². The third-order valence-electron chi connectivity index (χ3n) is 2.13. The number of hydrogen-bond acceptors (Lipinski definition) is 3. The van der Waals surface area contributed by atoms with Crippen LogP contribution in [0.2, 0.25) is 0 Å². The van der Waals surface area contributed by atoms with Gasteiger partial charge in [-0.3, -0.25) is 4.79 Å². The second kappa shape index (κ2) is 4.11. The van der Waals surface area contributed by atoms with E-state index < -0.39 is 0 Å². The van der Waals surface area contributed by atoms with E-state index in [1.165, 1.54) is 12.3 Å². The molecule has 3 heteroatoms. The van der Waals surface area contributed by atoms with Crippen LogP contribution < -0.4 is 5.43 Å². The highest BCUT2D eigenvalue weighted by molar-refractivity contribution is 5.61. The van der Waals surface area contributed by atoms with Crippen molar-refractivity contribution in [1.82, 2.24) is 0 Å². The average Bonchev–Trinajstić information content (AvgIpc) is 2.30. The zero-order valence-electron chi connectivity index (χ0n) is 8.01. The minimum Gasteiger partial charge on any atom is -0.466 e. The van der Waals surface area contributed by atoms with Crippen LogP contribution >= 0.6 is 0 Å². The Hall–Kier alpha value is -1.87. The second-order valence-electron chi connectivity index (χ2n) is 3.15. The minimum absolute atomic E-state index is 0.142. The molecule has 0 amide bonds. The highest BCUT2D eigenvalue weighted by Gasteiger charge is 2.04. The predicted molar refractivity (Wildman–Crippen MR) is 56.3 cm³/mol. The average molecular weight is 202 g/mol. The van der Waals surface area contributed by atoms with Gasteiger partial charge in [-0.15, -0.1) is 0 Å². The normalized spacial score (nSPS) is 10.2. The van der Waals surface area contributed by atoms with Gasteiger partial charge in [-0.2, -0.15) is 0 Å². The van der Waals surface area contributed by atoms with E-state index in [-0.39, 0.29) is 17.8 Å². The van der Waals surface area contributed by atoms with Crippen LogP contribution in [-0.4, -0.2) is 5.11 Å². The summed E-state index contributed by atoms with van der Waals surface area (Å²) in [6, 6.07) is 10.6. The van der Waals surface area contributed by atoms with Gasteiger partial charge in [0.1, 0.15) is 18.6 Å². The molecule has 0 atom stereocenters. The molecule has 0 saturated carbocycles. The van der Waals surface area contributed by atoms with Gasteiger partial charge in [0, 0.05) is 6.07 Å². The van der Waals surface area contributed by atoms with Crippen molar-refractivity contribution in [2.45, 2.75) is 6.61 Å². The predicted octanol–water partition coefficient (Wildman–Crippen LogP) is 1.80. The van der Waals surface area contributed by atoms with Gasteiger partial charge in [-0.25, -0.2) is 0 Å². The van der Waals surface area contributed by atoms with Crippen molar-refractivity contribution in [3.8, 4) is 11.1 Å². The van der Waals surface area contributed by atoms with Crippen molar-refractivity contribution in [2.24, 2.45) is 0 Å². The Morgan fingerprint density at radius 3 is 2.53 bits per heavy atom. The molecule has 1 N–H and O–H groups in total. The fourth-order valence-corrected chi connectivity index (χ4v) is 1.36. The van der Waals surface area contributed by atoms with Crippen molar-refractivity contribution in [3.05, 3.63) is 58.6 Å². The molecule has 0 aliphatic heterocycles. The van der Waals surface area contributed by atoms with Crippen molar-refractivity contribution >= 4 is 0 Å². The van der Waals surface area contributed by atoms with E-state index in [9.17, 15) is 4.79 Å². The standard InChI is InChI=1S/C12H10O3/c13-7-10-6-12(14)11(8-15-10)9-4-2-1-3-5-9/h1-6,8,13H,7H2. The number of aliphatic hydroxyl groups is 1. The molecular formula is C12H10O3. The Balaban J connectivity index is 2.51. The molecule has 0 radical (unpaired) electrons. The summed E-state index contributed by atoms with van der Waals surface area (Å²) in [6.07, 6.45) is 1.38. The van der Waals surface area contributed by atoms with Crippen molar-refractivity contribution < 1.29 is 9.52 Å². The van der Waals surface area contributed by atoms with Gasteiger partial charge in [0.25, 0.3) is 0 Å². The van der Waals surface area contributed by atoms with Gasteiger partial charge >= 0.3 is 0 Å². The van der Waals surface area contributed by atoms with E-state index in [2.05, 4.69) is 0 Å². The summed E-state index contributed by atoms with van der Waals surface area (Å²) in [5.41, 5.74) is 1.18. The largest absolute Gasteiger partial charge is 0.466 e. The first kappa shape index (κ1) is 9.68. The quantitative estimate of drug-likeness (QED) is 0.807. The molecule has 0 bridgehead atoms. The molecule has 0 saturated heterocycles. The lowest BCUT2D eigenvalue weighted by molar-refractivity contribution is 0.244. The molecule has 0 aliphatic carbocycles. The van der Waals surface area contributed by atoms with Crippen molar-refractivity contribution in [1.29, 1.82) is 0 Å². The Labute approximate surface area is 86.6 Å². The summed E-state index contributed by atoms with van der Waals surface area (Å²) in [7, 11) is 0. The van der Waals surface area contributed by atoms with Gasteiger partial charge in [0.05, 0.1) is 5.56 Å². The zero-order chi connectivity index (χ0) is 10.7. The van der Waals surface area contributed by atoms with Crippen LogP contribution in [0.5, 0.6) is 0 Å². The Kier molecular flexibility index (Phi) is 2.65. The van der Waals surface area contributed by atoms with Gasteiger partial charge in [0.2, 0.25) is 0 Å². The zero-order valence-corrected chi connectivity index (χ0v) is 8.01. The molecule has 1 heterocycles. The Bertz CT molecular complexity index is 500. The number of aliphatic hydroxyl groups excluding tert-OH is 1. The third-order valence-corrected chi connectivity index (χ3v) is 2.13. The summed E-state index contributed by atoms with van der Waals surface area (Å²) in [5.74, 6) is 0.277. The van der Waals surface area contributed by atoms with E-state index in [0.717, 1.165) is 5.56 Å². The van der Waals surface area contributed by atoms with Crippen molar-refractivity contribution in [2.75, 3.05) is 0 Å². The van der Waals surface area contributed by atoms with Gasteiger partial charge < -0.3 is 9.52 Å². The van der Waals surface area contributed by atoms with Crippen LogP contribution in [0.25, 0.3) is 11.1 Å². The highest BCUT2D eigenvalue weighted by atomic mass is 16.4. The lowest BCUT2D eigenvalue weighted by Gasteiger charge is -2.00. The highest BCUT2D eigenvalue weighted by Crippen LogP contribution is 2.14. The molecule has 0 aliphatic rings. The Morgan fingerprint density at radius 2 is 1.93 bits per heavy atom. The van der Waals surface area contributed by atoms with Gasteiger partial charge in [0.15, 0.2) is 5.43 Å². The van der Waals surface area contributed by atoms with E-state index in [4.69, 9.17) is 9.52 Å². The summed E-state index contributed by atoms with van der Waals surface area (Å²) >= 11 is 0. The topological polar surface area (TPSA) is 50.4 Å². The maximum Gasteiger partial charge on any atom is 0.193 e. The maximum atomic E-state index is 11.6. The summed E-state index contributed by atoms with van der Waals surface area (Å²) in [4.78, 5) is 11.6. The fraction of sp³-hybridized carbons (Fsp3) is 0.0833. The molecule has 1 aromatic heterocycles. The molecule has 76 valence electrons. The molecule has 3 nitrogen and oxygen atoms in total. The lowest BCUT2D eigenvalue weighted by atomic mass is 10.1. The van der Waals surface area contributed by atoms with E-state index >= 15 is 0 Å². The van der Waals surface area contributed by atoms with E-state index in [1.807, 2.05) is 30.3 Å². The molecule has 15 heavy (non-hydrogen) atoms. The fourth-order valence-electron chi connectivity index (χ4n) is 1.36. The van der Waals surface area contributed by atoms with Crippen LogP contribution in [0.15, 0.2) is 51.9 Å². The minimum atomic E-state index is -0.260. The smallest absolute Gasteiger partial charge is 0.193 e. The number of hydrogen-bond donors (Lipinski definition) is 1. The molecular weight excluding hydrogens is 192 g/mol. The van der Waals surface area contributed by atoms with E-state index in [1.54, 1.807) is 0 Å². The lowest BCUT2D eigenvalue weighted by Crippen LogP contribution is -2.04. The molecule has 2 rings (SSSR count). The summed E-state index contributed by atoms with van der Waals surface area (Å²) in [6.45, 7) is -0.260. The molecule has 0 spiro atoms. The first-order valence-corrected chi connectivity index (χ1v) is 4.59. The second-order valence-corrected chi connectivity index (χ2v) is 3.15. The van der Waals surface area contributed by atoms with Crippen molar-refractivity contribution in [3.63, 3.8) is 0 Å². The molecule has 2 aromatic rings. The number of rotatable bonds is 2. The van der Waals surface area contributed by atoms with Gasteiger partial charge in [-0.05, 0) is 5.56 Å². The van der Waals surface area contributed by atoms with Crippen LogP contribution in [0.3, 0.4) is 0 Å². The third kappa shape index (κ3) is 1.97. The SMILES string of the molecule is O=c1cc(CO)occ1-c1ccccc1. The van der Waals surface area contributed by atoms with Crippen LogP contribution in [0.1, 0.15) is 5.76 Å². The maximum absolute atomic E-state index is 11.6. The van der Waals surface area contributed by atoms with Crippen LogP contribution in [0, 0.1) is 0 Å². The molecule has 0 fully saturated rings. The van der Waals surface area contributed by atoms with E-state index in [0.29, 0.717) is 5.56 Å². The van der Waals surface area contributed by atoms with Crippen LogP contribution in [0.4, 0.5) is 0 Å². The summed E-state index contributed by atoms with van der Waals surface area (Å²) in [5, 5.41) is 8.79. The monoisotopic (exact) mass is 202 g/mol. The first-order chi connectivity index (χ1) is 7.31. The molecule has 1 aromatic carbocycles. The first-order valence-electron chi connectivity index (χ1n) is 4.59. The number of benzene rings is 1. The van der Waals surface area contributed by atoms with Crippen LogP contribution in [-0.2, 0) is 6.61 Å². The molecule has 0 unspecified atom stereocenters. The Morgan fingerprint density at radius 1 is 1.20 bits per heavy atom.